The van der Waals surface area contributed by atoms with Gasteiger partial charge in [0.2, 0.25) is 17.6 Å². The number of benzene rings is 2. The van der Waals surface area contributed by atoms with Crippen molar-refractivity contribution in [1.82, 2.24) is 15.5 Å². The third-order valence-corrected chi connectivity index (χ3v) is 6.98. The highest BCUT2D eigenvalue weighted by Gasteiger charge is 2.38. The third kappa shape index (κ3) is 6.66. The van der Waals surface area contributed by atoms with E-state index >= 15 is 0 Å². The standard InChI is InChI=1S/C28H29N3O4S/c32-25-12-11-24(31(25)18-21-9-5-2-6-10-21)27(34)30-23(17-20-7-3-1-4-8-20)26(33)28(35)29-15-13-22-14-16-36-19-22/h1-10,14,16,19,23-24H,11-13,15,17-18H2,(H,29,35)(H,30,34)/t23?,24-/m1/s1. The second kappa shape index (κ2) is 12.3. The van der Waals surface area contributed by atoms with Crippen molar-refractivity contribution in [2.45, 2.75) is 44.3 Å². The van der Waals surface area contributed by atoms with Gasteiger partial charge in [0.05, 0.1) is 0 Å². The van der Waals surface area contributed by atoms with Crippen LogP contribution in [0.5, 0.6) is 0 Å². The molecule has 2 atom stereocenters. The Morgan fingerprint density at radius 2 is 1.64 bits per heavy atom. The van der Waals surface area contributed by atoms with E-state index in [2.05, 4.69) is 10.6 Å². The Hall–Kier alpha value is -3.78. The van der Waals surface area contributed by atoms with Gasteiger partial charge in [0.1, 0.15) is 12.1 Å². The summed E-state index contributed by atoms with van der Waals surface area (Å²) >= 11 is 1.58. The van der Waals surface area contributed by atoms with E-state index in [0.717, 1.165) is 16.7 Å². The van der Waals surface area contributed by atoms with Crippen LogP contribution in [0, 0.1) is 0 Å². The molecular formula is C28H29N3O4S. The van der Waals surface area contributed by atoms with E-state index in [4.69, 9.17) is 0 Å². The Kier molecular flexibility index (Phi) is 8.62. The summed E-state index contributed by atoms with van der Waals surface area (Å²) in [6.07, 6.45) is 1.45. The van der Waals surface area contributed by atoms with Gasteiger partial charge in [-0.2, -0.15) is 11.3 Å². The lowest BCUT2D eigenvalue weighted by Gasteiger charge is -2.26. The zero-order valence-electron chi connectivity index (χ0n) is 19.9. The molecule has 1 aliphatic heterocycles. The maximum absolute atomic E-state index is 13.3. The van der Waals surface area contributed by atoms with Crippen molar-refractivity contribution in [2.75, 3.05) is 6.54 Å². The third-order valence-electron chi connectivity index (χ3n) is 6.25. The number of Topliss-reactive ketones (excluding diaryl/α,β-unsaturated/α-hetero) is 1. The number of nitrogens with one attached hydrogen (secondary N) is 2. The first-order valence-corrected chi connectivity index (χ1v) is 13.0. The van der Waals surface area contributed by atoms with Gasteiger partial charge in [-0.15, -0.1) is 0 Å². The molecule has 36 heavy (non-hydrogen) atoms. The summed E-state index contributed by atoms with van der Waals surface area (Å²) in [7, 11) is 0. The molecule has 1 saturated heterocycles. The van der Waals surface area contributed by atoms with Crippen LogP contribution >= 0.6 is 11.3 Å². The maximum atomic E-state index is 13.3. The minimum Gasteiger partial charge on any atom is -0.349 e. The quantitative estimate of drug-likeness (QED) is 0.394. The van der Waals surface area contributed by atoms with E-state index < -0.39 is 29.7 Å². The number of nitrogens with zero attached hydrogens (tertiary/aromatic N) is 1. The molecule has 0 saturated carbocycles. The van der Waals surface area contributed by atoms with Gasteiger partial charge in [-0.25, -0.2) is 0 Å². The summed E-state index contributed by atoms with van der Waals surface area (Å²) in [5.74, 6) is -1.94. The van der Waals surface area contributed by atoms with Crippen molar-refractivity contribution in [3.8, 4) is 0 Å². The maximum Gasteiger partial charge on any atom is 0.289 e. The molecule has 1 aromatic heterocycles. The fourth-order valence-electron chi connectivity index (χ4n) is 4.31. The summed E-state index contributed by atoms with van der Waals surface area (Å²) in [6, 6.07) is 19.0. The number of likely N-dealkylation sites (tertiary alicyclic amines) is 1. The summed E-state index contributed by atoms with van der Waals surface area (Å²) in [5, 5.41) is 9.42. The van der Waals surface area contributed by atoms with E-state index in [0.29, 0.717) is 25.9 Å². The molecule has 2 aromatic carbocycles. The molecule has 0 radical (unpaired) electrons. The van der Waals surface area contributed by atoms with Gasteiger partial charge in [-0.05, 0) is 46.4 Å². The Labute approximate surface area is 214 Å². The van der Waals surface area contributed by atoms with Crippen LogP contribution in [0.15, 0.2) is 77.5 Å². The van der Waals surface area contributed by atoms with Crippen LogP contribution in [0.3, 0.4) is 0 Å². The van der Waals surface area contributed by atoms with Crippen LogP contribution in [-0.2, 0) is 38.6 Å². The fourth-order valence-corrected chi connectivity index (χ4v) is 5.02. The summed E-state index contributed by atoms with van der Waals surface area (Å²) in [5.41, 5.74) is 2.84. The molecule has 8 heteroatoms. The van der Waals surface area contributed by atoms with Gasteiger partial charge in [0.15, 0.2) is 0 Å². The number of thiophene rings is 1. The van der Waals surface area contributed by atoms with Gasteiger partial charge in [0.25, 0.3) is 5.91 Å². The van der Waals surface area contributed by atoms with Gasteiger partial charge < -0.3 is 15.5 Å². The number of amides is 3. The zero-order valence-corrected chi connectivity index (χ0v) is 20.7. The van der Waals surface area contributed by atoms with E-state index in [-0.39, 0.29) is 18.7 Å². The number of hydrogen-bond acceptors (Lipinski definition) is 5. The number of carbonyl (C=O) groups excluding carboxylic acids is 4. The molecular weight excluding hydrogens is 474 g/mol. The van der Waals surface area contributed by atoms with E-state index in [9.17, 15) is 19.2 Å². The SMILES string of the molecule is O=C(NCCc1ccsc1)C(=O)C(Cc1ccccc1)NC(=O)[C@H]1CCC(=O)N1Cc1ccccc1. The first-order valence-electron chi connectivity index (χ1n) is 12.0. The highest BCUT2D eigenvalue weighted by molar-refractivity contribution is 7.07. The first kappa shape index (κ1) is 25.3. The average Bonchev–Trinajstić information content (AvgIpc) is 3.54. The van der Waals surface area contributed by atoms with E-state index in [1.165, 1.54) is 0 Å². The molecule has 2 heterocycles. The van der Waals surface area contributed by atoms with Gasteiger partial charge >= 0.3 is 0 Å². The predicted octanol–water partition coefficient (Wildman–Crippen LogP) is 2.89. The van der Waals surface area contributed by atoms with Crippen molar-refractivity contribution >= 4 is 34.8 Å². The smallest absolute Gasteiger partial charge is 0.289 e. The molecule has 1 fully saturated rings. The van der Waals surface area contributed by atoms with Crippen molar-refractivity contribution in [2.24, 2.45) is 0 Å². The molecule has 1 aliphatic rings. The zero-order chi connectivity index (χ0) is 25.3. The molecule has 1 unspecified atom stereocenters. The lowest BCUT2D eigenvalue weighted by atomic mass is 10.0. The number of carbonyl (C=O) groups is 4. The van der Waals surface area contributed by atoms with Crippen LogP contribution in [-0.4, -0.2) is 47.0 Å². The van der Waals surface area contributed by atoms with Crippen molar-refractivity contribution < 1.29 is 19.2 Å². The minimum absolute atomic E-state index is 0.101. The molecule has 4 rings (SSSR count). The van der Waals surface area contributed by atoms with Crippen LogP contribution in [0.1, 0.15) is 29.5 Å². The van der Waals surface area contributed by atoms with Crippen LogP contribution in [0.4, 0.5) is 0 Å². The first-order chi connectivity index (χ1) is 17.5. The lowest BCUT2D eigenvalue weighted by molar-refractivity contribution is -0.141. The fraction of sp³-hybridized carbons (Fsp3) is 0.286. The molecule has 2 N–H and O–H groups in total. The summed E-state index contributed by atoms with van der Waals surface area (Å²) in [4.78, 5) is 53.2. The highest BCUT2D eigenvalue weighted by Crippen LogP contribution is 2.22. The average molecular weight is 504 g/mol. The number of ketones is 1. The monoisotopic (exact) mass is 503 g/mol. The minimum atomic E-state index is -1.03. The van der Waals surface area contributed by atoms with E-state index in [1.807, 2.05) is 77.5 Å². The Morgan fingerprint density at radius 1 is 0.944 bits per heavy atom. The van der Waals surface area contributed by atoms with Crippen LogP contribution < -0.4 is 10.6 Å². The largest absolute Gasteiger partial charge is 0.349 e. The Morgan fingerprint density at radius 3 is 2.31 bits per heavy atom. The van der Waals surface area contributed by atoms with Crippen LogP contribution in [0.2, 0.25) is 0 Å². The second-order valence-electron chi connectivity index (χ2n) is 8.81. The van der Waals surface area contributed by atoms with Gasteiger partial charge in [-0.1, -0.05) is 60.7 Å². The topological polar surface area (TPSA) is 95.6 Å². The molecule has 0 bridgehead atoms. The van der Waals surface area contributed by atoms with Crippen LogP contribution in [0.25, 0.3) is 0 Å². The summed E-state index contributed by atoms with van der Waals surface area (Å²) < 4.78 is 0. The highest BCUT2D eigenvalue weighted by atomic mass is 32.1. The molecule has 3 amide bonds. The second-order valence-corrected chi connectivity index (χ2v) is 9.59. The van der Waals surface area contributed by atoms with Crippen molar-refractivity contribution in [1.29, 1.82) is 0 Å². The lowest BCUT2D eigenvalue weighted by Crippen LogP contribution is -2.53. The van der Waals surface area contributed by atoms with Crippen molar-refractivity contribution in [3.63, 3.8) is 0 Å². The normalized spacial score (nSPS) is 15.9. The Bertz CT molecular complexity index is 1180. The van der Waals surface area contributed by atoms with Gasteiger partial charge in [0, 0.05) is 25.9 Å². The molecule has 0 spiro atoms. The predicted molar refractivity (Wildman–Crippen MR) is 138 cm³/mol. The molecule has 7 nitrogen and oxygen atoms in total. The molecule has 0 aliphatic carbocycles. The Balaban J connectivity index is 1.44. The number of rotatable bonds is 11. The van der Waals surface area contributed by atoms with E-state index in [1.54, 1.807) is 16.2 Å². The number of hydrogen-bond donors (Lipinski definition) is 2. The molecule has 186 valence electrons. The van der Waals surface area contributed by atoms with Gasteiger partial charge in [-0.3, -0.25) is 19.2 Å². The van der Waals surface area contributed by atoms with Crippen molar-refractivity contribution in [3.05, 3.63) is 94.2 Å². The molecule has 3 aromatic rings. The summed E-state index contributed by atoms with van der Waals surface area (Å²) in [6.45, 7) is 0.646.